The standard InChI is InChI=1S/C23H20ClNO7S/c24-15-5-13(22-14(6-15)9-29-12-31-22)7-20-21(26)17-1-2-19-18(23(17)32-20)8-25(11-30-19)16-3-4-33(27,28)10-16/h1-2,5-7,16H,3-4,8-12H2/b20-7+. The number of carbonyl (C=O) groups is 1. The maximum atomic E-state index is 13.1. The largest absolute Gasteiger partial charge is 0.478 e. The zero-order valence-corrected chi connectivity index (χ0v) is 19.1. The number of benzene rings is 2. The molecule has 1 unspecified atom stereocenters. The summed E-state index contributed by atoms with van der Waals surface area (Å²) in [5.41, 5.74) is 2.64. The van der Waals surface area contributed by atoms with Gasteiger partial charge in [-0.15, -0.1) is 0 Å². The van der Waals surface area contributed by atoms with Crippen molar-refractivity contribution < 1.29 is 32.2 Å². The van der Waals surface area contributed by atoms with Crippen LogP contribution in [-0.2, 0) is 27.7 Å². The van der Waals surface area contributed by atoms with Crippen LogP contribution in [0.3, 0.4) is 0 Å². The molecule has 10 heteroatoms. The second-order valence-corrected chi connectivity index (χ2v) is 11.2. The lowest BCUT2D eigenvalue weighted by molar-refractivity contribution is -0.0165. The van der Waals surface area contributed by atoms with Crippen molar-refractivity contribution in [3.63, 3.8) is 0 Å². The van der Waals surface area contributed by atoms with Crippen molar-refractivity contribution in [1.82, 2.24) is 4.90 Å². The van der Waals surface area contributed by atoms with Crippen LogP contribution in [0.4, 0.5) is 0 Å². The lowest BCUT2D eigenvalue weighted by Gasteiger charge is -2.33. The number of nitrogens with zero attached hydrogens (tertiary/aromatic N) is 1. The Morgan fingerprint density at radius 2 is 2.03 bits per heavy atom. The molecule has 0 spiro atoms. The van der Waals surface area contributed by atoms with Crippen LogP contribution < -0.4 is 14.2 Å². The van der Waals surface area contributed by atoms with Gasteiger partial charge in [0, 0.05) is 28.7 Å². The molecule has 1 atom stereocenters. The zero-order valence-electron chi connectivity index (χ0n) is 17.5. The van der Waals surface area contributed by atoms with Crippen LogP contribution in [0.5, 0.6) is 17.2 Å². The molecule has 1 fully saturated rings. The fraction of sp³-hybridized carbons (Fsp3) is 0.348. The molecule has 0 aromatic heterocycles. The molecule has 0 aliphatic carbocycles. The van der Waals surface area contributed by atoms with Gasteiger partial charge in [0.2, 0.25) is 5.78 Å². The number of halogens is 1. The fourth-order valence-corrected chi connectivity index (χ4v) is 6.74. The summed E-state index contributed by atoms with van der Waals surface area (Å²) >= 11 is 6.25. The van der Waals surface area contributed by atoms with Gasteiger partial charge in [0.15, 0.2) is 22.4 Å². The van der Waals surface area contributed by atoms with E-state index in [0.717, 1.165) is 11.1 Å². The predicted molar refractivity (Wildman–Crippen MR) is 119 cm³/mol. The highest BCUT2D eigenvalue weighted by Gasteiger charge is 2.38. The maximum absolute atomic E-state index is 13.1. The molecule has 4 aliphatic heterocycles. The van der Waals surface area contributed by atoms with Crippen molar-refractivity contribution >= 4 is 33.3 Å². The van der Waals surface area contributed by atoms with E-state index in [1.807, 2.05) is 4.90 Å². The summed E-state index contributed by atoms with van der Waals surface area (Å²) in [6.45, 7) is 1.25. The van der Waals surface area contributed by atoms with Crippen molar-refractivity contribution in [2.24, 2.45) is 0 Å². The first-order valence-corrected chi connectivity index (χ1v) is 12.8. The number of ketones is 1. The molecule has 0 saturated carbocycles. The van der Waals surface area contributed by atoms with Crippen LogP contribution in [0.25, 0.3) is 6.08 Å². The van der Waals surface area contributed by atoms with Gasteiger partial charge in [0.1, 0.15) is 24.0 Å². The topological polar surface area (TPSA) is 91.4 Å². The van der Waals surface area contributed by atoms with E-state index in [0.29, 0.717) is 59.7 Å². The minimum absolute atomic E-state index is 0.108. The molecule has 1 saturated heterocycles. The lowest BCUT2D eigenvalue weighted by Crippen LogP contribution is -2.41. The first-order chi connectivity index (χ1) is 15.9. The molecule has 4 heterocycles. The van der Waals surface area contributed by atoms with E-state index in [-0.39, 0.29) is 35.9 Å². The van der Waals surface area contributed by atoms with Gasteiger partial charge in [-0.05, 0) is 36.8 Å². The van der Waals surface area contributed by atoms with Crippen molar-refractivity contribution in [1.29, 1.82) is 0 Å². The van der Waals surface area contributed by atoms with Gasteiger partial charge in [-0.1, -0.05) is 11.6 Å². The van der Waals surface area contributed by atoms with Crippen molar-refractivity contribution in [2.75, 3.05) is 25.0 Å². The fourth-order valence-electron chi connectivity index (χ4n) is 4.73. The van der Waals surface area contributed by atoms with Gasteiger partial charge in [0.05, 0.1) is 29.2 Å². The van der Waals surface area contributed by atoms with E-state index in [1.165, 1.54) is 0 Å². The lowest BCUT2D eigenvalue weighted by atomic mass is 10.0. The highest BCUT2D eigenvalue weighted by molar-refractivity contribution is 7.91. The molecule has 33 heavy (non-hydrogen) atoms. The summed E-state index contributed by atoms with van der Waals surface area (Å²) < 4.78 is 46.8. The van der Waals surface area contributed by atoms with Crippen LogP contribution in [0, 0.1) is 0 Å². The van der Waals surface area contributed by atoms with E-state index in [9.17, 15) is 13.2 Å². The Balaban J connectivity index is 1.33. The highest BCUT2D eigenvalue weighted by atomic mass is 35.5. The zero-order chi connectivity index (χ0) is 22.7. The monoisotopic (exact) mass is 489 g/mol. The minimum Gasteiger partial charge on any atom is -0.478 e. The molecule has 2 aromatic rings. The second-order valence-electron chi connectivity index (χ2n) is 8.53. The second kappa shape index (κ2) is 7.73. The van der Waals surface area contributed by atoms with E-state index >= 15 is 0 Å². The quantitative estimate of drug-likeness (QED) is 0.594. The first kappa shape index (κ1) is 21.0. The smallest absolute Gasteiger partial charge is 0.231 e. The number of hydrogen-bond acceptors (Lipinski definition) is 8. The molecule has 0 radical (unpaired) electrons. The number of ether oxygens (including phenoxy) is 4. The Kier molecular flexibility index (Phi) is 4.91. The Morgan fingerprint density at radius 1 is 1.15 bits per heavy atom. The Morgan fingerprint density at radius 3 is 2.85 bits per heavy atom. The van der Waals surface area contributed by atoms with Gasteiger partial charge in [0.25, 0.3) is 0 Å². The summed E-state index contributed by atoms with van der Waals surface area (Å²) in [4.78, 5) is 15.1. The van der Waals surface area contributed by atoms with Crippen molar-refractivity contribution in [3.05, 3.63) is 57.3 Å². The SMILES string of the molecule is O=C1/C(=C\c2cc(Cl)cc3c2OCOC3)Oc2c1ccc1c2CN(C2CCS(=O)(=O)C2)CO1. The molecule has 2 aromatic carbocycles. The Labute approximate surface area is 195 Å². The van der Waals surface area contributed by atoms with E-state index in [4.69, 9.17) is 30.5 Å². The molecule has 6 rings (SSSR count). The number of Topliss-reactive ketones (excluding diaryl/α,β-unsaturated/α-hetero) is 1. The molecular weight excluding hydrogens is 470 g/mol. The Hall–Kier alpha value is -2.59. The predicted octanol–water partition coefficient (Wildman–Crippen LogP) is 3.16. The van der Waals surface area contributed by atoms with Gasteiger partial charge in [-0.3, -0.25) is 9.69 Å². The van der Waals surface area contributed by atoms with Crippen molar-refractivity contribution in [3.8, 4) is 17.2 Å². The van der Waals surface area contributed by atoms with Crippen LogP contribution in [-0.4, -0.2) is 50.2 Å². The molecular formula is C23H20ClNO7S. The van der Waals surface area contributed by atoms with Gasteiger partial charge < -0.3 is 18.9 Å². The van der Waals surface area contributed by atoms with E-state index < -0.39 is 9.84 Å². The van der Waals surface area contributed by atoms with Crippen LogP contribution >= 0.6 is 11.6 Å². The van der Waals surface area contributed by atoms with Gasteiger partial charge in [-0.25, -0.2) is 8.42 Å². The van der Waals surface area contributed by atoms with Crippen molar-refractivity contribution in [2.45, 2.75) is 25.6 Å². The normalized spacial score (nSPS) is 24.5. The number of allylic oxidation sites excluding steroid dienone is 1. The summed E-state index contributed by atoms with van der Waals surface area (Å²) in [5.74, 6) is 1.94. The number of sulfone groups is 1. The summed E-state index contributed by atoms with van der Waals surface area (Å²) in [7, 11) is -3.02. The van der Waals surface area contributed by atoms with Crippen LogP contribution in [0.15, 0.2) is 30.0 Å². The molecule has 4 aliphatic rings. The minimum atomic E-state index is -3.02. The maximum Gasteiger partial charge on any atom is 0.231 e. The summed E-state index contributed by atoms with van der Waals surface area (Å²) in [6.07, 6.45) is 2.21. The third-order valence-electron chi connectivity index (χ3n) is 6.36. The molecule has 0 amide bonds. The average Bonchev–Trinajstić information content (AvgIpc) is 3.32. The molecule has 172 valence electrons. The van der Waals surface area contributed by atoms with Gasteiger partial charge >= 0.3 is 0 Å². The van der Waals surface area contributed by atoms with E-state index in [2.05, 4.69) is 0 Å². The van der Waals surface area contributed by atoms with Gasteiger partial charge in [-0.2, -0.15) is 0 Å². The number of hydrogen-bond donors (Lipinski definition) is 0. The number of carbonyl (C=O) groups excluding carboxylic acids is 1. The Bertz CT molecular complexity index is 1320. The molecule has 0 N–H and O–H groups in total. The first-order valence-electron chi connectivity index (χ1n) is 10.6. The molecule has 8 nitrogen and oxygen atoms in total. The third kappa shape index (κ3) is 3.69. The highest BCUT2D eigenvalue weighted by Crippen LogP contribution is 2.43. The van der Waals surface area contributed by atoms with E-state index in [1.54, 1.807) is 30.3 Å². The molecule has 0 bridgehead atoms. The summed E-state index contributed by atoms with van der Waals surface area (Å²) in [5, 5.41) is 0.505. The number of rotatable bonds is 2. The summed E-state index contributed by atoms with van der Waals surface area (Å²) in [6, 6.07) is 6.85. The van der Waals surface area contributed by atoms with Crippen LogP contribution in [0.2, 0.25) is 5.02 Å². The average molecular weight is 490 g/mol. The van der Waals surface area contributed by atoms with Crippen LogP contribution in [0.1, 0.15) is 33.5 Å². The number of fused-ring (bicyclic) bond motifs is 4. The third-order valence-corrected chi connectivity index (χ3v) is 8.33.